The van der Waals surface area contributed by atoms with Crippen molar-refractivity contribution in [2.75, 3.05) is 4.72 Å². The third-order valence-electron chi connectivity index (χ3n) is 3.29. The number of aryl methyl sites for hydroxylation is 2. The second kappa shape index (κ2) is 4.89. The van der Waals surface area contributed by atoms with E-state index in [4.69, 9.17) is 0 Å². The fraction of sp³-hybridized carbons (Fsp3) is 0.133. The first-order chi connectivity index (χ1) is 9.97. The van der Waals surface area contributed by atoms with Crippen LogP contribution >= 0.6 is 0 Å². The Labute approximate surface area is 123 Å². The molecule has 0 aliphatic rings. The third kappa shape index (κ3) is 2.50. The summed E-state index contributed by atoms with van der Waals surface area (Å²) in [5.41, 5.74) is 2.26. The first-order valence-corrected chi connectivity index (χ1v) is 7.95. The zero-order valence-corrected chi connectivity index (χ0v) is 12.6. The molecule has 0 fully saturated rings. The van der Waals surface area contributed by atoms with Crippen LogP contribution in [0.3, 0.4) is 0 Å². The smallest absolute Gasteiger partial charge is 0.264 e. The third-order valence-corrected chi connectivity index (χ3v) is 4.70. The molecule has 0 radical (unpaired) electrons. The van der Waals surface area contributed by atoms with E-state index in [-0.39, 0.29) is 4.90 Å². The molecule has 2 heterocycles. The minimum atomic E-state index is -3.64. The van der Waals surface area contributed by atoms with E-state index in [0.29, 0.717) is 16.7 Å². The molecule has 0 atom stereocenters. The highest BCUT2D eigenvalue weighted by atomic mass is 32.2. The number of benzene rings is 1. The number of hydrogen-bond acceptors (Lipinski definition) is 3. The number of anilines is 1. The first kappa shape index (κ1) is 13.6. The summed E-state index contributed by atoms with van der Waals surface area (Å²) in [5, 5.41) is 0.611. The summed E-state index contributed by atoms with van der Waals surface area (Å²) in [4.78, 5) is 4.43. The molecule has 0 amide bonds. The van der Waals surface area contributed by atoms with E-state index < -0.39 is 10.0 Å². The van der Waals surface area contributed by atoms with E-state index >= 15 is 0 Å². The summed E-state index contributed by atoms with van der Waals surface area (Å²) in [6, 6.07) is 10.7. The maximum Gasteiger partial charge on any atom is 0.264 e. The van der Waals surface area contributed by atoms with Crippen LogP contribution in [0.15, 0.2) is 53.7 Å². The first-order valence-electron chi connectivity index (χ1n) is 6.47. The van der Waals surface area contributed by atoms with Gasteiger partial charge in [0.05, 0.1) is 0 Å². The van der Waals surface area contributed by atoms with Gasteiger partial charge in [0.2, 0.25) is 0 Å². The highest BCUT2D eigenvalue weighted by Gasteiger charge is 2.20. The molecule has 0 unspecified atom stereocenters. The van der Waals surface area contributed by atoms with Gasteiger partial charge in [0.25, 0.3) is 10.0 Å². The highest BCUT2D eigenvalue weighted by molar-refractivity contribution is 7.93. The Morgan fingerprint density at radius 2 is 1.86 bits per heavy atom. The number of nitrogens with one attached hydrogen (secondary N) is 1. The summed E-state index contributed by atoms with van der Waals surface area (Å²) in [6.45, 7) is 1.95. The molecular formula is C15H15N3O2S. The van der Waals surface area contributed by atoms with Gasteiger partial charge in [0, 0.05) is 30.5 Å². The average Bonchev–Trinajstić information content (AvgIpc) is 2.80. The van der Waals surface area contributed by atoms with Gasteiger partial charge in [-0.2, -0.15) is 0 Å². The van der Waals surface area contributed by atoms with Crippen LogP contribution in [0, 0.1) is 6.92 Å². The van der Waals surface area contributed by atoms with Gasteiger partial charge in [-0.25, -0.2) is 13.4 Å². The molecule has 3 rings (SSSR count). The van der Waals surface area contributed by atoms with Gasteiger partial charge in [-0.3, -0.25) is 4.72 Å². The van der Waals surface area contributed by atoms with Crippen molar-refractivity contribution < 1.29 is 8.42 Å². The van der Waals surface area contributed by atoms with Crippen LogP contribution in [-0.2, 0) is 17.1 Å². The molecule has 5 nitrogen and oxygen atoms in total. The average molecular weight is 301 g/mol. The number of nitrogens with zero attached hydrogens (tertiary/aromatic N) is 2. The van der Waals surface area contributed by atoms with Crippen LogP contribution in [0.25, 0.3) is 11.0 Å². The van der Waals surface area contributed by atoms with Gasteiger partial charge in [0.1, 0.15) is 10.5 Å². The van der Waals surface area contributed by atoms with Gasteiger partial charge >= 0.3 is 0 Å². The number of rotatable bonds is 3. The van der Waals surface area contributed by atoms with Gasteiger partial charge in [-0.15, -0.1) is 0 Å². The lowest BCUT2D eigenvalue weighted by Crippen LogP contribution is -2.12. The number of pyridine rings is 1. The molecule has 0 saturated heterocycles. The molecule has 3 aromatic rings. The number of fused-ring (bicyclic) bond motifs is 1. The summed E-state index contributed by atoms with van der Waals surface area (Å²) in [7, 11) is -1.86. The summed E-state index contributed by atoms with van der Waals surface area (Å²) >= 11 is 0. The number of aromatic nitrogens is 2. The molecule has 1 N–H and O–H groups in total. The zero-order valence-electron chi connectivity index (χ0n) is 11.7. The van der Waals surface area contributed by atoms with Crippen molar-refractivity contribution >= 4 is 26.7 Å². The summed E-state index contributed by atoms with van der Waals surface area (Å²) in [6.07, 6.45) is 3.22. The maximum atomic E-state index is 12.6. The molecule has 0 aliphatic heterocycles. The van der Waals surface area contributed by atoms with Gasteiger partial charge in [-0.05, 0) is 31.2 Å². The highest BCUT2D eigenvalue weighted by Crippen LogP contribution is 2.25. The van der Waals surface area contributed by atoms with Crippen LogP contribution in [0.4, 0.5) is 5.69 Å². The molecule has 1 aromatic carbocycles. The second-order valence-corrected chi connectivity index (χ2v) is 6.60. The largest absolute Gasteiger partial charge is 0.334 e. The summed E-state index contributed by atoms with van der Waals surface area (Å²) < 4.78 is 29.4. The van der Waals surface area contributed by atoms with Crippen LogP contribution < -0.4 is 4.72 Å². The van der Waals surface area contributed by atoms with Crippen molar-refractivity contribution in [3.63, 3.8) is 0 Å². The summed E-state index contributed by atoms with van der Waals surface area (Å²) in [5.74, 6) is 0. The molecule has 0 bridgehead atoms. The fourth-order valence-corrected chi connectivity index (χ4v) is 3.52. The Morgan fingerprint density at radius 3 is 2.57 bits per heavy atom. The lowest BCUT2D eigenvalue weighted by atomic mass is 10.2. The fourth-order valence-electron chi connectivity index (χ4n) is 2.22. The molecular weight excluding hydrogens is 286 g/mol. The van der Waals surface area contributed by atoms with E-state index in [2.05, 4.69) is 9.71 Å². The number of sulfonamides is 1. The minimum absolute atomic E-state index is 0.230. The Balaban J connectivity index is 2.06. The van der Waals surface area contributed by atoms with E-state index in [1.165, 1.54) is 0 Å². The maximum absolute atomic E-state index is 12.6. The lowest BCUT2D eigenvalue weighted by Gasteiger charge is -2.07. The molecule has 2 aromatic heterocycles. The van der Waals surface area contributed by atoms with Crippen molar-refractivity contribution in [2.24, 2.45) is 7.05 Å². The van der Waals surface area contributed by atoms with Crippen LogP contribution in [-0.4, -0.2) is 18.0 Å². The molecule has 6 heteroatoms. The van der Waals surface area contributed by atoms with E-state index in [1.807, 2.05) is 19.1 Å². The van der Waals surface area contributed by atoms with E-state index in [9.17, 15) is 8.42 Å². The Hall–Kier alpha value is -2.34. The molecule has 0 spiro atoms. The van der Waals surface area contributed by atoms with Crippen LogP contribution in [0.2, 0.25) is 0 Å². The van der Waals surface area contributed by atoms with Crippen LogP contribution in [0.1, 0.15) is 5.56 Å². The Morgan fingerprint density at radius 1 is 1.14 bits per heavy atom. The van der Waals surface area contributed by atoms with Crippen molar-refractivity contribution in [3.05, 3.63) is 54.4 Å². The predicted octanol–water partition coefficient (Wildman–Crippen LogP) is 2.68. The number of hydrogen-bond donors (Lipinski definition) is 1. The molecule has 108 valence electrons. The molecule has 21 heavy (non-hydrogen) atoms. The minimum Gasteiger partial charge on any atom is -0.334 e. The standard InChI is InChI=1S/C15H15N3O2S/c1-11-5-7-12(8-6-11)17-21(19,20)14-10-18(2)15-13(14)4-3-9-16-15/h3-10,17H,1-2H3. The van der Waals surface area contributed by atoms with Crippen LogP contribution in [0.5, 0.6) is 0 Å². The normalized spacial score (nSPS) is 11.7. The molecule has 0 aliphatic carbocycles. The lowest BCUT2D eigenvalue weighted by molar-refractivity contribution is 0.601. The van der Waals surface area contributed by atoms with E-state index in [0.717, 1.165) is 5.56 Å². The van der Waals surface area contributed by atoms with Crippen molar-refractivity contribution in [1.29, 1.82) is 0 Å². The predicted molar refractivity (Wildman–Crippen MR) is 82.7 cm³/mol. The molecule has 0 saturated carbocycles. The zero-order chi connectivity index (χ0) is 15.0. The van der Waals surface area contributed by atoms with Gasteiger partial charge in [0.15, 0.2) is 0 Å². The quantitative estimate of drug-likeness (QED) is 0.809. The topological polar surface area (TPSA) is 64.0 Å². The van der Waals surface area contributed by atoms with Crippen molar-refractivity contribution in [2.45, 2.75) is 11.8 Å². The van der Waals surface area contributed by atoms with Crippen molar-refractivity contribution in [3.8, 4) is 0 Å². The SMILES string of the molecule is Cc1ccc(NS(=O)(=O)c2cn(C)c3ncccc23)cc1. The van der Waals surface area contributed by atoms with Gasteiger partial charge in [-0.1, -0.05) is 17.7 Å². The van der Waals surface area contributed by atoms with E-state index in [1.54, 1.807) is 48.3 Å². The van der Waals surface area contributed by atoms with Gasteiger partial charge < -0.3 is 4.57 Å². The second-order valence-electron chi connectivity index (χ2n) is 4.95. The Kier molecular flexibility index (Phi) is 3.17. The Bertz CT molecular complexity index is 896. The van der Waals surface area contributed by atoms with Crippen molar-refractivity contribution in [1.82, 2.24) is 9.55 Å². The monoisotopic (exact) mass is 301 g/mol.